The van der Waals surface area contributed by atoms with E-state index in [1.807, 2.05) is 62.3 Å². The van der Waals surface area contributed by atoms with Gasteiger partial charge >= 0.3 is 0 Å². The zero-order valence-electron chi connectivity index (χ0n) is 19.3. The molecule has 2 aliphatic rings. The van der Waals surface area contributed by atoms with E-state index in [9.17, 15) is 4.79 Å². The second-order valence-electron chi connectivity index (χ2n) is 8.25. The number of nitrogens with zero attached hydrogens (tertiary/aromatic N) is 5. The third-order valence-corrected chi connectivity index (χ3v) is 6.97. The summed E-state index contributed by atoms with van der Waals surface area (Å²) in [6.45, 7) is 8.28. The van der Waals surface area contributed by atoms with Gasteiger partial charge in [0, 0.05) is 57.7 Å². The van der Waals surface area contributed by atoms with Gasteiger partial charge in [0.25, 0.3) is 5.91 Å². The number of aromatic nitrogens is 2. The van der Waals surface area contributed by atoms with E-state index in [1.165, 1.54) is 11.8 Å². The first kappa shape index (κ1) is 23.3. The Kier molecular flexibility index (Phi) is 7.36. The maximum atomic E-state index is 12.8. The van der Waals surface area contributed by atoms with Gasteiger partial charge in [0.05, 0.1) is 11.5 Å². The topological polar surface area (TPSA) is 96.9 Å². The first-order valence-corrected chi connectivity index (χ1v) is 12.0. The van der Waals surface area contributed by atoms with Gasteiger partial charge in [-0.15, -0.1) is 0 Å². The van der Waals surface area contributed by atoms with Gasteiger partial charge in [-0.1, -0.05) is 30.0 Å². The summed E-state index contributed by atoms with van der Waals surface area (Å²) in [6, 6.07) is 9.71. The summed E-state index contributed by atoms with van der Waals surface area (Å²) in [7, 11) is 1.94. The van der Waals surface area contributed by atoms with E-state index in [1.54, 1.807) is 0 Å². The van der Waals surface area contributed by atoms with Gasteiger partial charge < -0.3 is 25.5 Å². The minimum atomic E-state index is -0.147. The fraction of sp³-hybridized carbons (Fsp3) is 0.435. The van der Waals surface area contributed by atoms with Crippen molar-refractivity contribution in [3.63, 3.8) is 0 Å². The van der Waals surface area contributed by atoms with E-state index in [0.717, 1.165) is 49.1 Å². The molecule has 4 rings (SSSR count). The third kappa shape index (κ3) is 5.76. The predicted octanol–water partition coefficient (Wildman–Crippen LogP) is 2.06. The van der Waals surface area contributed by atoms with Crippen molar-refractivity contribution in [2.45, 2.75) is 19.3 Å². The number of aliphatic hydroxyl groups is 1. The van der Waals surface area contributed by atoms with Crippen molar-refractivity contribution in [2.75, 3.05) is 61.9 Å². The molecule has 1 fully saturated rings. The van der Waals surface area contributed by atoms with Crippen LogP contribution in [-0.4, -0.2) is 82.7 Å². The molecule has 3 N–H and O–H groups in total. The zero-order valence-corrected chi connectivity index (χ0v) is 20.1. The standard InChI is InChI=1S/C23H31N7O2S/c1-16-6-4-5-7-18(16)26-22(32)19-15-28(3)23(33-19)27-20-14-21(25-17(2)24-20)30-10-8-29(9-11-30)12-13-31/h4-7,14-15,23,31H,8-13H2,1-3H3,(H,26,32)(H,24,25,27). The molecule has 1 saturated heterocycles. The van der Waals surface area contributed by atoms with Crippen LogP contribution in [0.5, 0.6) is 0 Å². The number of thioether (sulfide) groups is 1. The number of anilines is 3. The number of amides is 1. The van der Waals surface area contributed by atoms with Gasteiger partial charge in [-0.25, -0.2) is 9.97 Å². The van der Waals surface area contributed by atoms with Crippen LogP contribution in [0, 0.1) is 13.8 Å². The van der Waals surface area contributed by atoms with Crippen molar-refractivity contribution in [3.05, 3.63) is 52.8 Å². The molecule has 1 aromatic carbocycles. The lowest BCUT2D eigenvalue weighted by Crippen LogP contribution is -2.47. The van der Waals surface area contributed by atoms with Gasteiger partial charge in [-0.2, -0.15) is 0 Å². The molecule has 10 heteroatoms. The summed E-state index contributed by atoms with van der Waals surface area (Å²) in [6.07, 6.45) is 1.85. The molecule has 1 atom stereocenters. The van der Waals surface area contributed by atoms with Crippen LogP contribution in [0.1, 0.15) is 11.4 Å². The maximum Gasteiger partial charge on any atom is 0.263 e. The average Bonchev–Trinajstić information content (AvgIpc) is 3.16. The predicted molar refractivity (Wildman–Crippen MR) is 133 cm³/mol. The molecule has 0 saturated carbocycles. The van der Waals surface area contributed by atoms with Crippen molar-refractivity contribution >= 4 is 35.0 Å². The van der Waals surface area contributed by atoms with Gasteiger partial charge in [0.1, 0.15) is 17.5 Å². The molecular weight excluding hydrogens is 438 g/mol. The number of aliphatic hydroxyl groups excluding tert-OH is 1. The number of carbonyl (C=O) groups excluding carboxylic acids is 1. The molecule has 33 heavy (non-hydrogen) atoms. The molecule has 0 radical (unpaired) electrons. The Bertz CT molecular complexity index is 1020. The number of piperazine rings is 1. The fourth-order valence-corrected chi connectivity index (χ4v) is 4.92. The molecular formula is C23H31N7O2S. The monoisotopic (exact) mass is 469 g/mol. The van der Waals surface area contributed by atoms with Gasteiger partial charge in [0.2, 0.25) is 0 Å². The van der Waals surface area contributed by atoms with Crippen LogP contribution in [0.25, 0.3) is 0 Å². The fourth-order valence-electron chi connectivity index (χ4n) is 3.88. The van der Waals surface area contributed by atoms with Crippen LogP contribution in [-0.2, 0) is 4.79 Å². The van der Waals surface area contributed by atoms with Crippen LogP contribution in [0.3, 0.4) is 0 Å². The number of nitrogens with one attached hydrogen (secondary N) is 2. The normalized spacial score (nSPS) is 18.9. The smallest absolute Gasteiger partial charge is 0.263 e. The Morgan fingerprint density at radius 3 is 2.67 bits per heavy atom. The Labute approximate surface area is 198 Å². The van der Waals surface area contributed by atoms with Crippen LogP contribution in [0.2, 0.25) is 0 Å². The van der Waals surface area contributed by atoms with E-state index in [2.05, 4.69) is 30.4 Å². The van der Waals surface area contributed by atoms with Crippen LogP contribution < -0.4 is 15.5 Å². The number of benzene rings is 1. The summed E-state index contributed by atoms with van der Waals surface area (Å²) in [5.74, 6) is 2.20. The highest BCUT2D eigenvalue weighted by Gasteiger charge is 2.28. The van der Waals surface area contributed by atoms with E-state index in [0.29, 0.717) is 17.3 Å². The Hall–Kier alpha value is -2.82. The zero-order chi connectivity index (χ0) is 23.4. The summed E-state index contributed by atoms with van der Waals surface area (Å²) in [4.78, 5) is 29.1. The molecule has 0 bridgehead atoms. The summed E-state index contributed by atoms with van der Waals surface area (Å²) in [5, 5.41) is 15.6. The molecule has 2 aromatic rings. The van der Waals surface area contributed by atoms with Gasteiger partial charge in [-0.3, -0.25) is 9.69 Å². The number of hydrogen-bond acceptors (Lipinski definition) is 9. The number of para-hydroxylation sites is 1. The SMILES string of the molecule is Cc1nc(NC2SC(C(=O)Nc3ccccc3C)=CN2C)cc(N2CCN(CCO)CC2)n1. The molecule has 2 aliphatic heterocycles. The second-order valence-corrected chi connectivity index (χ2v) is 9.38. The number of aryl methyl sites for hydroxylation is 2. The highest BCUT2D eigenvalue weighted by atomic mass is 32.2. The molecule has 1 aromatic heterocycles. The molecule has 0 aliphatic carbocycles. The number of rotatable bonds is 7. The van der Waals surface area contributed by atoms with E-state index >= 15 is 0 Å². The van der Waals surface area contributed by atoms with E-state index in [4.69, 9.17) is 5.11 Å². The van der Waals surface area contributed by atoms with Gasteiger partial charge in [0.15, 0.2) is 5.50 Å². The summed E-state index contributed by atoms with van der Waals surface area (Å²) in [5.41, 5.74) is 1.70. The lowest BCUT2D eigenvalue weighted by atomic mass is 10.2. The Balaban J connectivity index is 1.38. The Morgan fingerprint density at radius 2 is 1.94 bits per heavy atom. The number of β-amino-alcohol motifs (C(OH)–C–C–N with tert-alkyl or cyclic N) is 1. The number of hydrogen-bond donors (Lipinski definition) is 3. The second kappa shape index (κ2) is 10.4. The quantitative estimate of drug-likeness (QED) is 0.563. The van der Waals surface area contributed by atoms with Crippen molar-refractivity contribution in [1.29, 1.82) is 0 Å². The van der Waals surface area contributed by atoms with Crippen molar-refractivity contribution in [1.82, 2.24) is 19.8 Å². The highest BCUT2D eigenvalue weighted by Crippen LogP contribution is 2.33. The Morgan fingerprint density at radius 1 is 1.18 bits per heavy atom. The lowest BCUT2D eigenvalue weighted by Gasteiger charge is -2.35. The van der Waals surface area contributed by atoms with Crippen LogP contribution in [0.15, 0.2) is 41.4 Å². The minimum Gasteiger partial charge on any atom is -0.395 e. The molecule has 176 valence electrons. The van der Waals surface area contributed by atoms with E-state index < -0.39 is 0 Å². The largest absolute Gasteiger partial charge is 0.395 e. The molecule has 0 spiro atoms. The third-order valence-electron chi connectivity index (χ3n) is 5.75. The van der Waals surface area contributed by atoms with Crippen LogP contribution >= 0.6 is 11.8 Å². The van der Waals surface area contributed by atoms with E-state index in [-0.39, 0.29) is 18.0 Å². The first-order valence-electron chi connectivity index (χ1n) is 11.1. The van der Waals surface area contributed by atoms with Crippen molar-refractivity contribution in [3.8, 4) is 0 Å². The molecule has 3 heterocycles. The average molecular weight is 470 g/mol. The maximum absolute atomic E-state index is 12.8. The van der Waals surface area contributed by atoms with Crippen molar-refractivity contribution in [2.24, 2.45) is 0 Å². The van der Waals surface area contributed by atoms with Gasteiger partial charge in [-0.05, 0) is 25.5 Å². The summed E-state index contributed by atoms with van der Waals surface area (Å²) >= 11 is 1.46. The first-order chi connectivity index (χ1) is 15.9. The molecule has 9 nitrogen and oxygen atoms in total. The molecule has 1 amide bonds. The number of carbonyl (C=O) groups is 1. The van der Waals surface area contributed by atoms with Crippen molar-refractivity contribution < 1.29 is 9.90 Å². The molecule has 1 unspecified atom stereocenters. The lowest BCUT2D eigenvalue weighted by molar-refractivity contribution is -0.112. The van der Waals surface area contributed by atoms with Crippen LogP contribution in [0.4, 0.5) is 17.3 Å². The highest BCUT2D eigenvalue weighted by molar-refractivity contribution is 8.04. The summed E-state index contributed by atoms with van der Waals surface area (Å²) < 4.78 is 0. The minimum absolute atomic E-state index is 0.120.